The van der Waals surface area contributed by atoms with E-state index in [0.717, 1.165) is 11.1 Å². The third-order valence-electron chi connectivity index (χ3n) is 3.87. The molecule has 0 aliphatic rings. The maximum Gasteiger partial charge on any atom is 0.296 e. The van der Waals surface area contributed by atoms with Crippen LogP contribution in [0.3, 0.4) is 0 Å². The number of aliphatic hydroxyl groups is 1. The Bertz CT molecular complexity index is 787. The third kappa shape index (κ3) is 4.56. The van der Waals surface area contributed by atoms with Gasteiger partial charge in [0, 0.05) is 17.9 Å². The smallest absolute Gasteiger partial charge is 0.296 e. The minimum atomic E-state index is -3.82. The number of benzene rings is 1. The van der Waals surface area contributed by atoms with Gasteiger partial charge in [-0.05, 0) is 32.0 Å². The summed E-state index contributed by atoms with van der Waals surface area (Å²) < 4.78 is 35.1. The van der Waals surface area contributed by atoms with Gasteiger partial charge in [0.15, 0.2) is 0 Å². The molecule has 0 amide bonds. The molecule has 0 aliphatic heterocycles. The van der Waals surface area contributed by atoms with Crippen molar-refractivity contribution in [2.24, 2.45) is 5.92 Å². The first-order valence-corrected chi connectivity index (χ1v) is 9.02. The summed E-state index contributed by atoms with van der Waals surface area (Å²) >= 11 is 0. The number of rotatable bonds is 8. The molecular weight excluding hydrogens is 328 g/mol. The molecule has 0 aliphatic carbocycles. The van der Waals surface area contributed by atoms with Crippen LogP contribution in [0.2, 0.25) is 0 Å². The Labute approximate surface area is 142 Å². The molecule has 1 heterocycles. The van der Waals surface area contributed by atoms with Crippen molar-refractivity contribution in [3.05, 3.63) is 65.6 Å². The summed E-state index contributed by atoms with van der Waals surface area (Å²) in [4.78, 5) is 0.127. The average Bonchev–Trinajstić information content (AvgIpc) is 2.98. The van der Waals surface area contributed by atoms with E-state index in [1.165, 1.54) is 18.4 Å². The number of aryl methyl sites for hydroxylation is 1. The zero-order chi connectivity index (χ0) is 17.7. The molecule has 1 aromatic heterocycles. The lowest BCUT2D eigenvalue weighted by Crippen LogP contribution is -2.18. The fourth-order valence-corrected chi connectivity index (χ4v) is 3.18. The summed E-state index contributed by atoms with van der Waals surface area (Å²) in [6.45, 7) is 7.44. The van der Waals surface area contributed by atoms with Gasteiger partial charge in [0.05, 0.1) is 24.4 Å². The molecule has 1 N–H and O–H groups in total. The van der Waals surface area contributed by atoms with Crippen LogP contribution in [-0.4, -0.2) is 20.1 Å². The monoisotopic (exact) mass is 350 g/mol. The molecule has 5 nitrogen and oxygen atoms in total. The first-order chi connectivity index (χ1) is 11.3. The Morgan fingerprint density at radius 3 is 2.54 bits per heavy atom. The van der Waals surface area contributed by atoms with E-state index in [1.54, 1.807) is 18.2 Å². The van der Waals surface area contributed by atoms with E-state index in [9.17, 15) is 13.5 Å². The predicted octanol–water partition coefficient (Wildman–Crippen LogP) is 3.22. The van der Waals surface area contributed by atoms with Gasteiger partial charge in [-0.2, -0.15) is 8.42 Å². The Hall–Kier alpha value is -1.89. The van der Waals surface area contributed by atoms with Crippen LogP contribution in [0, 0.1) is 12.8 Å². The van der Waals surface area contributed by atoms with Crippen molar-refractivity contribution >= 4 is 10.1 Å². The first-order valence-electron chi connectivity index (χ1n) is 7.61. The minimum Gasteiger partial charge on any atom is -0.469 e. The maximum atomic E-state index is 12.3. The van der Waals surface area contributed by atoms with E-state index >= 15 is 0 Å². The van der Waals surface area contributed by atoms with Gasteiger partial charge in [0.2, 0.25) is 0 Å². The van der Waals surface area contributed by atoms with Crippen LogP contribution >= 0.6 is 0 Å². The number of aliphatic hydroxyl groups excluding tert-OH is 1. The summed E-state index contributed by atoms with van der Waals surface area (Å²) in [6, 6.07) is 8.19. The lowest BCUT2D eigenvalue weighted by atomic mass is 9.96. The van der Waals surface area contributed by atoms with Gasteiger partial charge >= 0.3 is 0 Å². The Morgan fingerprint density at radius 2 is 1.96 bits per heavy atom. The van der Waals surface area contributed by atoms with Crippen LogP contribution in [0.15, 0.2) is 58.1 Å². The summed E-state index contributed by atoms with van der Waals surface area (Å²) in [7, 11) is -3.82. The predicted molar refractivity (Wildman–Crippen MR) is 91.0 cm³/mol. The van der Waals surface area contributed by atoms with Gasteiger partial charge in [-0.15, -0.1) is 0 Å². The van der Waals surface area contributed by atoms with Crippen molar-refractivity contribution in [1.82, 2.24) is 0 Å². The first kappa shape index (κ1) is 18.4. The van der Waals surface area contributed by atoms with Crippen LogP contribution in [0.1, 0.15) is 23.8 Å². The third-order valence-corrected chi connectivity index (χ3v) is 5.17. The zero-order valence-corrected chi connectivity index (χ0v) is 14.7. The van der Waals surface area contributed by atoms with Gasteiger partial charge < -0.3 is 9.52 Å². The topological polar surface area (TPSA) is 76.7 Å². The van der Waals surface area contributed by atoms with Gasteiger partial charge in [-0.3, -0.25) is 4.18 Å². The van der Waals surface area contributed by atoms with Crippen LogP contribution in [-0.2, 0) is 27.3 Å². The van der Waals surface area contributed by atoms with Crippen molar-refractivity contribution in [3.63, 3.8) is 0 Å². The van der Waals surface area contributed by atoms with E-state index in [4.69, 9.17) is 8.60 Å². The maximum absolute atomic E-state index is 12.3. The molecule has 0 fully saturated rings. The highest BCUT2D eigenvalue weighted by Gasteiger charge is 2.21. The molecule has 2 aromatic rings. The second-order valence-corrected chi connectivity index (χ2v) is 7.44. The van der Waals surface area contributed by atoms with Crippen molar-refractivity contribution in [3.8, 4) is 0 Å². The zero-order valence-electron chi connectivity index (χ0n) is 13.9. The molecule has 1 aromatic carbocycles. The fourth-order valence-electron chi connectivity index (χ4n) is 2.23. The Kier molecular flexibility index (Phi) is 5.99. The Balaban J connectivity index is 2.08. The highest BCUT2D eigenvalue weighted by molar-refractivity contribution is 7.86. The van der Waals surface area contributed by atoms with Gasteiger partial charge in [0.25, 0.3) is 10.1 Å². The van der Waals surface area contributed by atoms with Gasteiger partial charge in [-0.1, -0.05) is 29.8 Å². The van der Waals surface area contributed by atoms with E-state index in [2.05, 4.69) is 6.58 Å². The van der Waals surface area contributed by atoms with E-state index in [0.29, 0.717) is 17.7 Å². The van der Waals surface area contributed by atoms with Crippen molar-refractivity contribution in [2.75, 3.05) is 6.61 Å². The molecule has 130 valence electrons. The van der Waals surface area contributed by atoms with Crippen LogP contribution < -0.4 is 0 Å². The second kappa shape index (κ2) is 7.79. The fraction of sp³-hybridized carbons (Fsp3) is 0.333. The van der Waals surface area contributed by atoms with E-state index in [-0.39, 0.29) is 24.0 Å². The van der Waals surface area contributed by atoms with Crippen molar-refractivity contribution < 1.29 is 22.1 Å². The molecule has 0 saturated heterocycles. The summed E-state index contributed by atoms with van der Waals surface area (Å²) in [5.74, 6) is 0.378. The lowest BCUT2D eigenvalue weighted by molar-refractivity contribution is 0.258. The molecule has 24 heavy (non-hydrogen) atoms. The van der Waals surface area contributed by atoms with Crippen molar-refractivity contribution in [1.29, 1.82) is 0 Å². The lowest BCUT2D eigenvalue weighted by Gasteiger charge is -2.16. The highest BCUT2D eigenvalue weighted by Crippen LogP contribution is 2.22. The standard InChI is InChI=1S/C18H22O5S/c1-13(2)16(10-18-15(11-19)8-9-22-18)12-23-24(20,21)17-6-4-14(3)5-7-17/h4-9,16,19H,1,10-12H2,2-3H3/t16-/m1/s1. The summed E-state index contributed by atoms with van der Waals surface area (Å²) in [6.07, 6.45) is 1.92. The largest absolute Gasteiger partial charge is 0.469 e. The number of hydrogen-bond acceptors (Lipinski definition) is 5. The normalized spacial score (nSPS) is 13.0. The van der Waals surface area contributed by atoms with Gasteiger partial charge in [0.1, 0.15) is 5.76 Å². The van der Waals surface area contributed by atoms with Crippen molar-refractivity contribution in [2.45, 2.75) is 31.8 Å². The molecule has 2 rings (SSSR count). The summed E-state index contributed by atoms with van der Waals surface area (Å²) in [5, 5.41) is 9.28. The van der Waals surface area contributed by atoms with E-state index in [1.807, 2.05) is 13.8 Å². The van der Waals surface area contributed by atoms with Crippen LogP contribution in [0.5, 0.6) is 0 Å². The molecule has 1 atom stereocenters. The molecule has 0 saturated carbocycles. The highest BCUT2D eigenvalue weighted by atomic mass is 32.2. The molecule has 0 unspecified atom stereocenters. The van der Waals surface area contributed by atoms with Crippen LogP contribution in [0.25, 0.3) is 0 Å². The van der Waals surface area contributed by atoms with E-state index < -0.39 is 10.1 Å². The Morgan fingerprint density at radius 1 is 1.29 bits per heavy atom. The minimum absolute atomic E-state index is 0.0306. The van der Waals surface area contributed by atoms with Gasteiger partial charge in [-0.25, -0.2) is 0 Å². The quantitative estimate of drug-likeness (QED) is 0.584. The molecule has 6 heteroatoms. The average molecular weight is 350 g/mol. The molecule has 0 bridgehead atoms. The second-order valence-electron chi connectivity index (χ2n) is 5.83. The molecule has 0 radical (unpaired) electrons. The van der Waals surface area contributed by atoms with Crippen LogP contribution in [0.4, 0.5) is 0 Å². The molecule has 0 spiro atoms. The number of furan rings is 1. The molecular formula is C18H22O5S. The number of hydrogen-bond donors (Lipinski definition) is 1. The SMILES string of the molecule is C=C(C)[C@@H](COS(=O)(=O)c1ccc(C)cc1)Cc1occc1CO. The summed E-state index contributed by atoms with van der Waals surface area (Å²) in [5.41, 5.74) is 2.44.